The van der Waals surface area contributed by atoms with Gasteiger partial charge in [-0.2, -0.15) is 0 Å². The number of halogens is 1. The second-order valence-corrected chi connectivity index (χ2v) is 7.95. The Bertz CT molecular complexity index is 630. The molecule has 1 spiro atoms. The molecule has 0 aromatic heterocycles. The lowest BCUT2D eigenvalue weighted by Gasteiger charge is -2.50. The van der Waals surface area contributed by atoms with E-state index < -0.39 is 0 Å². The van der Waals surface area contributed by atoms with E-state index in [0.717, 1.165) is 18.7 Å². The normalized spacial score (nSPS) is 26.6. The number of carbonyl (C=O) groups is 1. The zero-order valence-electron chi connectivity index (χ0n) is 15.4. The highest BCUT2D eigenvalue weighted by molar-refractivity contribution is 5.95. The molecule has 1 amide bonds. The van der Waals surface area contributed by atoms with Gasteiger partial charge in [0, 0.05) is 24.2 Å². The molecule has 0 bridgehead atoms. The largest absolute Gasteiger partial charge is 0.312 e. The van der Waals surface area contributed by atoms with Crippen LogP contribution in [0.3, 0.4) is 0 Å². The molecule has 2 fully saturated rings. The van der Waals surface area contributed by atoms with Gasteiger partial charge in [-0.25, -0.2) is 0 Å². The number of hydrogen-bond acceptors (Lipinski definition) is 2. The third-order valence-corrected chi connectivity index (χ3v) is 6.44. The van der Waals surface area contributed by atoms with Crippen LogP contribution in [0.15, 0.2) is 18.2 Å². The molecule has 2 aliphatic heterocycles. The second kappa shape index (κ2) is 7.67. The number of benzene rings is 1. The number of piperidine rings is 1. The summed E-state index contributed by atoms with van der Waals surface area (Å²) in [5.74, 6) is 0.297. The number of hydrogen-bond donors (Lipinski definition) is 0. The van der Waals surface area contributed by atoms with Crippen LogP contribution in [0.5, 0.6) is 0 Å². The van der Waals surface area contributed by atoms with E-state index in [1.807, 2.05) is 4.90 Å². The zero-order chi connectivity index (χ0) is 16.6. The van der Waals surface area contributed by atoms with Crippen molar-refractivity contribution in [2.75, 3.05) is 24.5 Å². The van der Waals surface area contributed by atoms with Crippen molar-refractivity contribution in [1.82, 2.24) is 4.90 Å². The fourth-order valence-corrected chi connectivity index (χ4v) is 5.17. The van der Waals surface area contributed by atoms with Gasteiger partial charge in [0.25, 0.3) is 0 Å². The maximum Gasteiger partial charge on any atom is 0.227 e. The van der Waals surface area contributed by atoms with Crippen molar-refractivity contribution in [3.05, 3.63) is 29.3 Å². The van der Waals surface area contributed by atoms with Crippen LogP contribution in [-0.4, -0.2) is 36.0 Å². The van der Waals surface area contributed by atoms with Crippen LogP contribution >= 0.6 is 12.4 Å². The summed E-state index contributed by atoms with van der Waals surface area (Å²) in [6, 6.07) is 6.79. The van der Waals surface area contributed by atoms with Crippen LogP contribution in [0.25, 0.3) is 0 Å². The molecule has 1 unspecified atom stereocenters. The van der Waals surface area contributed by atoms with Crippen LogP contribution in [0.2, 0.25) is 0 Å². The SMILES string of the molecule is CCCN1CCCCC12CCc1ccc(N3CCCC3=O)cc1C2.Cl. The van der Waals surface area contributed by atoms with E-state index in [9.17, 15) is 4.79 Å². The molecule has 4 rings (SSSR count). The second-order valence-electron chi connectivity index (χ2n) is 7.95. The highest BCUT2D eigenvalue weighted by atomic mass is 35.5. The molecular weight excluding hydrogens is 332 g/mol. The maximum absolute atomic E-state index is 12.1. The van der Waals surface area contributed by atoms with E-state index in [4.69, 9.17) is 0 Å². The fourth-order valence-electron chi connectivity index (χ4n) is 5.17. The van der Waals surface area contributed by atoms with Gasteiger partial charge in [0.05, 0.1) is 0 Å². The monoisotopic (exact) mass is 362 g/mol. The van der Waals surface area contributed by atoms with Gasteiger partial charge in [0.2, 0.25) is 5.91 Å². The van der Waals surface area contributed by atoms with Gasteiger partial charge < -0.3 is 4.90 Å². The quantitative estimate of drug-likeness (QED) is 0.797. The molecule has 25 heavy (non-hydrogen) atoms. The summed E-state index contributed by atoms with van der Waals surface area (Å²) in [6.07, 6.45) is 10.7. The van der Waals surface area contributed by atoms with Crippen LogP contribution in [0.4, 0.5) is 5.69 Å². The summed E-state index contributed by atoms with van der Waals surface area (Å²) in [7, 11) is 0. The minimum absolute atomic E-state index is 0. The van der Waals surface area contributed by atoms with Crippen molar-refractivity contribution in [2.45, 2.75) is 70.3 Å². The molecule has 1 aromatic rings. The Balaban J connectivity index is 0.00000182. The zero-order valence-corrected chi connectivity index (χ0v) is 16.2. The van der Waals surface area contributed by atoms with Crippen LogP contribution in [0.1, 0.15) is 63.0 Å². The average Bonchev–Trinajstić information content (AvgIpc) is 3.03. The molecule has 4 heteroatoms. The summed E-state index contributed by atoms with van der Waals surface area (Å²) in [5, 5.41) is 0. The van der Waals surface area contributed by atoms with Gasteiger partial charge >= 0.3 is 0 Å². The van der Waals surface area contributed by atoms with E-state index >= 15 is 0 Å². The lowest BCUT2D eigenvalue weighted by Crippen LogP contribution is -2.55. The average molecular weight is 363 g/mol. The number of anilines is 1. The first-order valence-electron chi connectivity index (χ1n) is 9.89. The number of rotatable bonds is 3. The summed E-state index contributed by atoms with van der Waals surface area (Å²) in [4.78, 5) is 16.9. The van der Waals surface area contributed by atoms with E-state index in [1.54, 1.807) is 0 Å². The summed E-state index contributed by atoms with van der Waals surface area (Å²) < 4.78 is 0. The lowest BCUT2D eigenvalue weighted by molar-refractivity contribution is -0.117. The third-order valence-electron chi connectivity index (χ3n) is 6.44. The molecule has 1 aliphatic carbocycles. The molecule has 138 valence electrons. The Morgan fingerprint density at radius 2 is 1.92 bits per heavy atom. The Labute approximate surface area is 158 Å². The number of amides is 1. The Morgan fingerprint density at radius 1 is 1.04 bits per heavy atom. The van der Waals surface area contributed by atoms with E-state index in [2.05, 4.69) is 30.0 Å². The van der Waals surface area contributed by atoms with Crippen molar-refractivity contribution in [3.8, 4) is 0 Å². The maximum atomic E-state index is 12.1. The highest BCUT2D eigenvalue weighted by Gasteiger charge is 2.40. The fraction of sp³-hybridized carbons (Fsp3) is 0.667. The van der Waals surface area contributed by atoms with Gasteiger partial charge in [0.1, 0.15) is 0 Å². The van der Waals surface area contributed by atoms with Crippen molar-refractivity contribution in [2.24, 2.45) is 0 Å². The smallest absolute Gasteiger partial charge is 0.227 e. The predicted octanol–water partition coefficient (Wildman–Crippen LogP) is 4.36. The molecule has 3 aliphatic rings. The van der Waals surface area contributed by atoms with Crippen LogP contribution in [-0.2, 0) is 17.6 Å². The Hall–Kier alpha value is -1.06. The van der Waals surface area contributed by atoms with E-state index in [0.29, 0.717) is 17.9 Å². The number of carbonyl (C=O) groups excluding carboxylic acids is 1. The van der Waals surface area contributed by atoms with Gasteiger partial charge in [-0.15, -0.1) is 12.4 Å². The molecule has 0 radical (unpaired) electrons. The minimum Gasteiger partial charge on any atom is -0.312 e. The van der Waals surface area contributed by atoms with Gasteiger partial charge in [0.15, 0.2) is 0 Å². The van der Waals surface area contributed by atoms with Crippen LogP contribution < -0.4 is 4.90 Å². The molecule has 3 nitrogen and oxygen atoms in total. The lowest BCUT2D eigenvalue weighted by atomic mass is 9.72. The van der Waals surface area contributed by atoms with Gasteiger partial charge in [-0.3, -0.25) is 9.69 Å². The number of likely N-dealkylation sites (tertiary alicyclic amines) is 1. The van der Waals surface area contributed by atoms with Crippen molar-refractivity contribution >= 4 is 24.0 Å². The number of nitrogens with zero attached hydrogens (tertiary/aromatic N) is 2. The molecule has 0 saturated carbocycles. The first-order valence-corrected chi connectivity index (χ1v) is 9.89. The topological polar surface area (TPSA) is 23.6 Å². The molecule has 0 N–H and O–H groups in total. The number of aryl methyl sites for hydroxylation is 1. The molecule has 1 atom stereocenters. The summed E-state index contributed by atoms with van der Waals surface area (Å²) in [5.41, 5.74) is 4.53. The number of fused-ring (bicyclic) bond motifs is 1. The molecule has 1 aromatic carbocycles. The van der Waals surface area contributed by atoms with Gasteiger partial charge in [-0.05, 0) is 81.3 Å². The third kappa shape index (κ3) is 3.46. The molecule has 2 heterocycles. The summed E-state index contributed by atoms with van der Waals surface area (Å²) in [6.45, 7) is 5.70. The molecule has 2 saturated heterocycles. The predicted molar refractivity (Wildman–Crippen MR) is 106 cm³/mol. The Morgan fingerprint density at radius 3 is 2.68 bits per heavy atom. The minimum atomic E-state index is 0. The van der Waals surface area contributed by atoms with Crippen molar-refractivity contribution < 1.29 is 4.79 Å². The summed E-state index contributed by atoms with van der Waals surface area (Å²) >= 11 is 0. The standard InChI is InChI=1S/C21H30N2O.ClH/c1-2-12-22-13-4-3-10-21(22)11-9-17-7-8-19(15-18(17)16-21)23-14-5-6-20(23)24;/h7-8,15H,2-6,9-14,16H2,1H3;1H. The van der Waals surface area contributed by atoms with Crippen molar-refractivity contribution in [3.63, 3.8) is 0 Å². The van der Waals surface area contributed by atoms with Crippen molar-refractivity contribution in [1.29, 1.82) is 0 Å². The first kappa shape index (κ1) is 18.7. The van der Waals surface area contributed by atoms with E-state index in [-0.39, 0.29) is 12.4 Å². The highest BCUT2D eigenvalue weighted by Crippen LogP contribution is 2.41. The Kier molecular flexibility index (Phi) is 5.75. The van der Waals surface area contributed by atoms with E-state index in [1.165, 1.54) is 69.2 Å². The first-order chi connectivity index (χ1) is 11.7. The molecular formula is C21H31ClN2O. The van der Waals surface area contributed by atoms with Crippen LogP contribution in [0, 0.1) is 0 Å². The van der Waals surface area contributed by atoms with Gasteiger partial charge in [-0.1, -0.05) is 19.4 Å².